The van der Waals surface area contributed by atoms with Gasteiger partial charge in [0, 0.05) is 4.88 Å². The molecule has 1 aliphatic carbocycles. The number of amides is 1. The summed E-state index contributed by atoms with van der Waals surface area (Å²) < 4.78 is 13.9. The first-order chi connectivity index (χ1) is 12.4. The van der Waals surface area contributed by atoms with Crippen molar-refractivity contribution in [2.75, 3.05) is 5.32 Å². The van der Waals surface area contributed by atoms with Crippen molar-refractivity contribution in [1.82, 2.24) is 0 Å². The third kappa shape index (κ3) is 3.39. The van der Waals surface area contributed by atoms with Gasteiger partial charge in [0.2, 0.25) is 0 Å². The Morgan fingerprint density at radius 3 is 2.81 bits per heavy atom. The predicted molar refractivity (Wildman–Crippen MR) is 103 cm³/mol. The van der Waals surface area contributed by atoms with E-state index < -0.39 is 11.7 Å². The minimum atomic E-state index is -0.561. The number of thiophene rings is 1. The Labute approximate surface area is 157 Å². The van der Waals surface area contributed by atoms with E-state index >= 15 is 0 Å². The molecule has 1 unspecified atom stereocenters. The fourth-order valence-corrected chi connectivity index (χ4v) is 4.84. The topological polar surface area (TPSA) is 52.9 Å². The molecule has 0 radical (unpaired) electrons. The summed E-state index contributed by atoms with van der Waals surface area (Å²) in [5, 5.41) is 12.9. The van der Waals surface area contributed by atoms with Crippen LogP contribution in [0.15, 0.2) is 24.3 Å². The number of carbonyl (C=O) groups is 1. The molecule has 1 amide bonds. The van der Waals surface area contributed by atoms with Gasteiger partial charge in [0.15, 0.2) is 0 Å². The molecule has 3 rings (SSSR count). The number of hydrogen-bond acceptors (Lipinski definition) is 3. The van der Waals surface area contributed by atoms with Gasteiger partial charge in [-0.05, 0) is 48.3 Å². The number of fused-ring (bicyclic) bond motifs is 1. The molecule has 26 heavy (non-hydrogen) atoms. The SMILES string of the molecule is CCC(C)(C)C1CCc2c(sc(NC(=O)c3ccccc3F)c2C#N)C1. The summed E-state index contributed by atoms with van der Waals surface area (Å²) in [5.41, 5.74) is 1.85. The molecule has 1 aliphatic rings. The maximum absolute atomic E-state index is 13.9. The Morgan fingerprint density at radius 2 is 2.15 bits per heavy atom. The molecule has 0 bridgehead atoms. The van der Waals surface area contributed by atoms with Crippen LogP contribution in [0.5, 0.6) is 0 Å². The van der Waals surface area contributed by atoms with Crippen LogP contribution in [0.2, 0.25) is 0 Å². The van der Waals surface area contributed by atoms with Crippen molar-refractivity contribution in [3.63, 3.8) is 0 Å². The number of nitriles is 1. The van der Waals surface area contributed by atoms with E-state index in [0.717, 1.165) is 31.2 Å². The van der Waals surface area contributed by atoms with E-state index in [1.54, 1.807) is 12.1 Å². The Morgan fingerprint density at radius 1 is 1.42 bits per heavy atom. The number of nitrogens with one attached hydrogen (secondary N) is 1. The summed E-state index contributed by atoms with van der Waals surface area (Å²) in [6.45, 7) is 6.80. The van der Waals surface area contributed by atoms with Crippen molar-refractivity contribution in [2.24, 2.45) is 11.3 Å². The molecule has 1 aromatic heterocycles. The number of carbonyl (C=O) groups excluding carboxylic acids is 1. The molecule has 136 valence electrons. The second kappa shape index (κ2) is 7.20. The zero-order valence-corrected chi connectivity index (χ0v) is 16.2. The molecule has 0 fully saturated rings. The van der Waals surface area contributed by atoms with E-state index in [9.17, 15) is 14.4 Å². The second-order valence-corrected chi connectivity index (χ2v) is 8.64. The lowest BCUT2D eigenvalue weighted by atomic mass is 9.69. The number of anilines is 1. The first kappa shape index (κ1) is 18.6. The number of nitrogens with zero attached hydrogens (tertiary/aromatic N) is 1. The normalized spacial score (nSPS) is 16.7. The molecule has 1 N–H and O–H groups in total. The number of rotatable bonds is 4. The molecule has 1 atom stereocenters. The minimum Gasteiger partial charge on any atom is -0.312 e. The molecule has 1 heterocycles. The average Bonchev–Trinajstić information content (AvgIpc) is 2.97. The van der Waals surface area contributed by atoms with Crippen molar-refractivity contribution < 1.29 is 9.18 Å². The van der Waals surface area contributed by atoms with Gasteiger partial charge in [0.1, 0.15) is 16.9 Å². The highest BCUT2D eigenvalue weighted by Crippen LogP contribution is 2.45. The molecule has 2 aromatic rings. The highest BCUT2D eigenvalue weighted by molar-refractivity contribution is 7.16. The number of hydrogen-bond donors (Lipinski definition) is 1. The van der Waals surface area contributed by atoms with Gasteiger partial charge in [-0.1, -0.05) is 39.3 Å². The van der Waals surface area contributed by atoms with Gasteiger partial charge in [-0.3, -0.25) is 4.79 Å². The average molecular weight is 370 g/mol. The maximum Gasteiger partial charge on any atom is 0.259 e. The minimum absolute atomic E-state index is 0.00671. The van der Waals surface area contributed by atoms with Crippen LogP contribution in [0.1, 0.15) is 60.0 Å². The third-order valence-corrected chi connectivity index (χ3v) is 6.91. The van der Waals surface area contributed by atoms with E-state index in [4.69, 9.17) is 0 Å². The summed E-state index contributed by atoms with van der Waals surface area (Å²) in [5.74, 6) is -0.501. The van der Waals surface area contributed by atoms with Crippen LogP contribution in [0.4, 0.5) is 9.39 Å². The molecular formula is C21H23FN2OS. The molecular weight excluding hydrogens is 347 g/mol. The Bertz CT molecular complexity index is 879. The molecule has 0 spiro atoms. The van der Waals surface area contributed by atoms with E-state index in [1.807, 2.05) is 0 Å². The molecule has 1 aromatic carbocycles. The van der Waals surface area contributed by atoms with E-state index in [2.05, 4.69) is 32.2 Å². The number of halogens is 1. The fourth-order valence-electron chi connectivity index (χ4n) is 3.56. The van der Waals surface area contributed by atoms with E-state index in [0.29, 0.717) is 16.5 Å². The molecule has 3 nitrogen and oxygen atoms in total. The zero-order chi connectivity index (χ0) is 18.9. The van der Waals surface area contributed by atoms with Gasteiger partial charge in [0.25, 0.3) is 5.91 Å². The van der Waals surface area contributed by atoms with Gasteiger partial charge in [-0.15, -0.1) is 11.3 Å². The summed E-state index contributed by atoms with van der Waals surface area (Å²) >= 11 is 1.47. The van der Waals surface area contributed by atoms with Crippen LogP contribution >= 0.6 is 11.3 Å². The quantitative estimate of drug-likeness (QED) is 0.767. The lowest BCUT2D eigenvalue weighted by molar-refractivity contribution is 0.102. The van der Waals surface area contributed by atoms with Gasteiger partial charge < -0.3 is 5.32 Å². The van der Waals surface area contributed by atoms with Crippen molar-refractivity contribution in [1.29, 1.82) is 5.26 Å². The monoisotopic (exact) mass is 370 g/mol. The summed E-state index contributed by atoms with van der Waals surface area (Å²) in [6.07, 6.45) is 3.96. The smallest absolute Gasteiger partial charge is 0.259 e. The van der Waals surface area contributed by atoms with Gasteiger partial charge in [0.05, 0.1) is 11.1 Å². The Hall–Kier alpha value is -2.19. The van der Waals surface area contributed by atoms with Crippen molar-refractivity contribution >= 4 is 22.2 Å². The summed E-state index contributed by atoms with van der Waals surface area (Å²) in [7, 11) is 0. The molecule has 0 aliphatic heterocycles. The van der Waals surface area contributed by atoms with Crippen molar-refractivity contribution in [3.8, 4) is 6.07 Å². The van der Waals surface area contributed by atoms with Crippen molar-refractivity contribution in [2.45, 2.75) is 46.5 Å². The van der Waals surface area contributed by atoms with E-state index in [1.165, 1.54) is 28.3 Å². The van der Waals surface area contributed by atoms with E-state index in [-0.39, 0.29) is 11.0 Å². The number of benzene rings is 1. The van der Waals surface area contributed by atoms with Crippen LogP contribution < -0.4 is 5.32 Å². The fraction of sp³-hybridized carbons (Fsp3) is 0.429. The third-order valence-electron chi connectivity index (χ3n) is 5.74. The maximum atomic E-state index is 13.9. The predicted octanol–water partition coefficient (Wildman–Crippen LogP) is 5.55. The zero-order valence-electron chi connectivity index (χ0n) is 15.4. The summed E-state index contributed by atoms with van der Waals surface area (Å²) in [4.78, 5) is 13.6. The Balaban J connectivity index is 1.88. The first-order valence-electron chi connectivity index (χ1n) is 8.98. The largest absolute Gasteiger partial charge is 0.312 e. The lowest BCUT2D eigenvalue weighted by Gasteiger charge is -2.36. The summed E-state index contributed by atoms with van der Waals surface area (Å²) in [6, 6.07) is 8.13. The first-order valence-corrected chi connectivity index (χ1v) is 9.79. The van der Waals surface area contributed by atoms with Crippen LogP contribution in [0, 0.1) is 28.5 Å². The van der Waals surface area contributed by atoms with Gasteiger partial charge in [-0.2, -0.15) is 5.26 Å². The highest BCUT2D eigenvalue weighted by Gasteiger charge is 2.34. The van der Waals surface area contributed by atoms with Crippen LogP contribution in [0.25, 0.3) is 0 Å². The molecule has 5 heteroatoms. The van der Waals surface area contributed by atoms with Gasteiger partial charge >= 0.3 is 0 Å². The standard InChI is InChI=1S/C21H23FN2OS/c1-4-21(2,3)13-9-10-14-16(12-23)20(26-18(14)11-13)24-19(25)15-7-5-6-8-17(15)22/h5-8,13H,4,9-11H2,1-3H3,(H,24,25). The van der Waals surface area contributed by atoms with Crippen LogP contribution in [-0.2, 0) is 12.8 Å². The van der Waals surface area contributed by atoms with Gasteiger partial charge in [-0.25, -0.2) is 4.39 Å². The second-order valence-electron chi connectivity index (χ2n) is 7.54. The van der Waals surface area contributed by atoms with Crippen molar-refractivity contribution in [3.05, 3.63) is 51.7 Å². The Kier molecular flexibility index (Phi) is 5.15. The van der Waals surface area contributed by atoms with Crippen LogP contribution in [0.3, 0.4) is 0 Å². The van der Waals surface area contributed by atoms with Crippen LogP contribution in [-0.4, -0.2) is 5.91 Å². The molecule has 0 saturated heterocycles. The molecule has 0 saturated carbocycles. The lowest BCUT2D eigenvalue weighted by Crippen LogP contribution is -2.28. The highest BCUT2D eigenvalue weighted by atomic mass is 32.1.